The molecule has 2 heterocycles. The van der Waals surface area contributed by atoms with Gasteiger partial charge in [0.15, 0.2) is 5.01 Å². The number of hydrogen-bond donors (Lipinski definition) is 1. The maximum Gasteiger partial charge on any atom is 0.443 e. The van der Waals surface area contributed by atoms with E-state index in [1.54, 1.807) is 0 Å². The third kappa shape index (κ3) is 2.95. The molecule has 2 unspecified atom stereocenters. The fraction of sp³-hybridized carbons (Fsp3) is 0.700. The lowest BCUT2D eigenvalue weighted by Crippen LogP contribution is -2.31. The molecule has 2 nitrogen and oxygen atoms in total. The number of alkyl halides is 4. The summed E-state index contributed by atoms with van der Waals surface area (Å²) in [6, 6.07) is 0. The van der Waals surface area contributed by atoms with E-state index in [0.717, 1.165) is 19.2 Å². The van der Waals surface area contributed by atoms with Crippen molar-refractivity contribution in [2.75, 3.05) is 13.1 Å². The molecule has 2 atom stereocenters. The molecular weight excluding hydrogens is 256 g/mol. The van der Waals surface area contributed by atoms with E-state index in [1.165, 1.54) is 0 Å². The van der Waals surface area contributed by atoms with E-state index >= 15 is 0 Å². The van der Waals surface area contributed by atoms with E-state index in [1.807, 2.05) is 0 Å². The molecule has 1 aliphatic rings. The van der Waals surface area contributed by atoms with E-state index < -0.39 is 17.4 Å². The summed E-state index contributed by atoms with van der Waals surface area (Å²) in [5, 5.41) is 2.07. The van der Waals surface area contributed by atoms with Crippen LogP contribution in [-0.2, 0) is 6.18 Å². The Morgan fingerprint density at radius 2 is 2.24 bits per heavy atom. The molecule has 0 aromatic carbocycles. The highest BCUT2D eigenvalue weighted by atomic mass is 32.1. The Kier molecular flexibility index (Phi) is 3.67. The first-order chi connectivity index (χ1) is 7.98. The van der Waals surface area contributed by atoms with Crippen LogP contribution < -0.4 is 5.32 Å². The van der Waals surface area contributed by atoms with E-state index in [9.17, 15) is 17.6 Å². The quantitative estimate of drug-likeness (QED) is 0.833. The van der Waals surface area contributed by atoms with Crippen molar-refractivity contribution in [2.24, 2.45) is 5.92 Å². The Bertz CT molecular complexity index is 371. The van der Waals surface area contributed by atoms with Crippen molar-refractivity contribution < 1.29 is 17.6 Å². The second-order valence-corrected chi connectivity index (χ2v) is 5.14. The van der Waals surface area contributed by atoms with E-state index in [-0.39, 0.29) is 10.8 Å². The average Bonchev–Trinajstić information content (AvgIpc) is 2.78. The number of rotatable bonds is 2. The first-order valence-electron chi connectivity index (χ1n) is 5.36. The zero-order valence-electron chi connectivity index (χ0n) is 8.93. The highest BCUT2D eigenvalue weighted by molar-refractivity contribution is 7.11. The van der Waals surface area contributed by atoms with Gasteiger partial charge in [0.05, 0.1) is 4.88 Å². The Morgan fingerprint density at radius 3 is 2.76 bits per heavy atom. The molecule has 2 rings (SSSR count). The molecule has 0 saturated carbocycles. The summed E-state index contributed by atoms with van der Waals surface area (Å²) in [7, 11) is 0. The van der Waals surface area contributed by atoms with Crippen LogP contribution in [-0.4, -0.2) is 18.1 Å². The number of aromatic nitrogens is 1. The summed E-state index contributed by atoms with van der Waals surface area (Å²) in [4.78, 5) is 3.31. The lowest BCUT2D eigenvalue weighted by atomic mass is 9.94. The number of halogens is 4. The maximum absolute atomic E-state index is 14.0. The summed E-state index contributed by atoms with van der Waals surface area (Å²) < 4.78 is 50.9. The molecular formula is C10H12F4N2S. The first-order valence-corrected chi connectivity index (χ1v) is 6.18. The van der Waals surface area contributed by atoms with Crippen molar-refractivity contribution in [1.82, 2.24) is 10.3 Å². The zero-order valence-corrected chi connectivity index (χ0v) is 9.74. The van der Waals surface area contributed by atoms with Crippen molar-refractivity contribution >= 4 is 11.3 Å². The molecule has 0 spiro atoms. The van der Waals surface area contributed by atoms with Gasteiger partial charge in [0.25, 0.3) is 0 Å². The average molecular weight is 268 g/mol. The van der Waals surface area contributed by atoms with E-state index in [4.69, 9.17) is 0 Å². The van der Waals surface area contributed by atoms with Crippen molar-refractivity contribution in [3.05, 3.63) is 16.1 Å². The molecule has 0 radical (unpaired) electrons. The van der Waals surface area contributed by atoms with Crippen LogP contribution in [0.25, 0.3) is 0 Å². The van der Waals surface area contributed by atoms with Crippen LogP contribution in [0.15, 0.2) is 6.20 Å². The lowest BCUT2D eigenvalue weighted by Gasteiger charge is -2.24. The number of thiazole rings is 1. The maximum atomic E-state index is 14.0. The fourth-order valence-electron chi connectivity index (χ4n) is 1.91. The van der Waals surface area contributed by atoms with Gasteiger partial charge in [-0.2, -0.15) is 13.2 Å². The van der Waals surface area contributed by atoms with Crippen LogP contribution in [0.2, 0.25) is 0 Å². The molecule has 0 aliphatic carbocycles. The molecule has 17 heavy (non-hydrogen) atoms. The normalized spacial score (nSPS) is 23.6. The van der Waals surface area contributed by atoms with Gasteiger partial charge in [-0.15, -0.1) is 11.3 Å². The van der Waals surface area contributed by atoms with Gasteiger partial charge >= 0.3 is 6.18 Å². The molecule has 1 aromatic heterocycles. The van der Waals surface area contributed by atoms with Crippen LogP contribution in [0.1, 0.15) is 28.9 Å². The second kappa shape index (κ2) is 4.89. The van der Waals surface area contributed by atoms with Crippen molar-refractivity contribution in [1.29, 1.82) is 0 Å². The summed E-state index contributed by atoms with van der Waals surface area (Å²) in [6.07, 6.45) is -3.26. The number of piperidine rings is 1. The van der Waals surface area contributed by atoms with Gasteiger partial charge < -0.3 is 5.32 Å². The minimum absolute atomic E-state index is 0.0750. The van der Waals surface area contributed by atoms with Gasteiger partial charge in [0.2, 0.25) is 0 Å². The van der Waals surface area contributed by atoms with Crippen LogP contribution >= 0.6 is 11.3 Å². The van der Waals surface area contributed by atoms with Crippen LogP contribution in [0.4, 0.5) is 17.6 Å². The van der Waals surface area contributed by atoms with E-state index in [0.29, 0.717) is 24.3 Å². The number of nitrogens with one attached hydrogen (secondary N) is 1. The van der Waals surface area contributed by atoms with E-state index in [2.05, 4.69) is 10.3 Å². The number of hydrogen-bond acceptors (Lipinski definition) is 3. The fourth-order valence-corrected chi connectivity index (χ4v) is 2.76. The summed E-state index contributed by atoms with van der Waals surface area (Å²) >= 11 is 0.403. The third-order valence-corrected chi connectivity index (χ3v) is 3.88. The molecule has 0 bridgehead atoms. The molecule has 1 fully saturated rings. The SMILES string of the molecule is FC(c1cnc(C(F)(F)F)s1)C1CCCNC1. The minimum atomic E-state index is -4.48. The molecule has 1 N–H and O–H groups in total. The van der Waals surface area contributed by atoms with Crippen LogP contribution in [0.3, 0.4) is 0 Å². The first kappa shape index (κ1) is 12.8. The summed E-state index contributed by atoms with van der Waals surface area (Å²) in [5.41, 5.74) is 0. The lowest BCUT2D eigenvalue weighted by molar-refractivity contribution is -0.137. The van der Waals surface area contributed by atoms with Crippen molar-refractivity contribution in [3.63, 3.8) is 0 Å². The standard InChI is InChI=1S/C10H12F4N2S/c11-8(6-2-1-3-15-4-6)7-5-16-9(17-7)10(12,13)14/h5-6,8,15H,1-4H2. The highest BCUT2D eigenvalue weighted by Gasteiger charge is 2.36. The topological polar surface area (TPSA) is 24.9 Å². The van der Waals surface area contributed by atoms with Crippen molar-refractivity contribution in [3.8, 4) is 0 Å². The third-order valence-electron chi connectivity index (χ3n) is 2.79. The monoisotopic (exact) mass is 268 g/mol. The van der Waals surface area contributed by atoms with Crippen LogP contribution in [0.5, 0.6) is 0 Å². The Labute approximate surface area is 100 Å². The van der Waals surface area contributed by atoms with Gasteiger partial charge in [-0.05, 0) is 19.4 Å². The van der Waals surface area contributed by atoms with Gasteiger partial charge in [-0.25, -0.2) is 9.37 Å². The van der Waals surface area contributed by atoms with Crippen LogP contribution in [0, 0.1) is 5.92 Å². The molecule has 7 heteroatoms. The van der Waals surface area contributed by atoms with Gasteiger partial charge in [0.1, 0.15) is 6.17 Å². The van der Waals surface area contributed by atoms with Gasteiger partial charge in [-0.3, -0.25) is 0 Å². The zero-order chi connectivity index (χ0) is 12.5. The highest BCUT2D eigenvalue weighted by Crippen LogP contribution is 2.38. The predicted octanol–water partition coefficient (Wildman–Crippen LogP) is 3.17. The van der Waals surface area contributed by atoms with Gasteiger partial charge in [-0.1, -0.05) is 0 Å². The molecule has 1 saturated heterocycles. The Morgan fingerprint density at radius 1 is 1.47 bits per heavy atom. The largest absolute Gasteiger partial charge is 0.443 e. The smallest absolute Gasteiger partial charge is 0.316 e. The minimum Gasteiger partial charge on any atom is -0.316 e. The Balaban J connectivity index is 2.08. The Hall–Kier alpha value is -0.690. The predicted molar refractivity (Wildman–Crippen MR) is 56.6 cm³/mol. The molecule has 1 aromatic rings. The second-order valence-electron chi connectivity index (χ2n) is 4.07. The summed E-state index contributed by atoms with van der Waals surface area (Å²) in [6.45, 7) is 1.36. The summed E-state index contributed by atoms with van der Waals surface area (Å²) in [5.74, 6) is -0.245. The molecule has 1 aliphatic heterocycles. The molecule has 0 amide bonds. The number of nitrogens with zero attached hydrogens (tertiary/aromatic N) is 1. The molecule has 96 valence electrons. The van der Waals surface area contributed by atoms with Gasteiger partial charge in [0, 0.05) is 18.7 Å². The van der Waals surface area contributed by atoms with Crippen molar-refractivity contribution in [2.45, 2.75) is 25.2 Å².